The highest BCUT2D eigenvalue weighted by molar-refractivity contribution is 7.93. The van der Waals surface area contributed by atoms with Crippen LogP contribution in [0, 0.1) is 20.8 Å². The van der Waals surface area contributed by atoms with Crippen molar-refractivity contribution in [2.24, 2.45) is 0 Å². The Morgan fingerprint density at radius 1 is 0.853 bits per heavy atom. The van der Waals surface area contributed by atoms with E-state index in [-0.39, 0.29) is 16.6 Å². The molecule has 1 amide bonds. The lowest BCUT2D eigenvalue weighted by Crippen LogP contribution is -2.42. The standard InChI is InChI=1S/C26H30N2O5S/c1-18-10-13-24(33-6)25(14-18)34(30,31)28(22-8-7-9-23(16-22)32-5)17-26(29)27(4)21-12-11-19(2)20(3)15-21/h7-16H,17H2,1-6H3. The number of sulfonamides is 1. The number of amides is 1. The van der Waals surface area contributed by atoms with E-state index in [1.807, 2.05) is 32.0 Å². The summed E-state index contributed by atoms with van der Waals surface area (Å²) in [6.45, 7) is 5.35. The Kier molecular flexibility index (Phi) is 7.51. The monoisotopic (exact) mass is 482 g/mol. The van der Waals surface area contributed by atoms with E-state index in [4.69, 9.17) is 9.47 Å². The predicted molar refractivity (Wildman–Crippen MR) is 135 cm³/mol. The van der Waals surface area contributed by atoms with Gasteiger partial charge in [-0.1, -0.05) is 18.2 Å². The lowest BCUT2D eigenvalue weighted by molar-refractivity contribution is -0.116. The molecule has 0 unspecified atom stereocenters. The molecule has 3 rings (SSSR count). The maximum atomic E-state index is 13.9. The minimum atomic E-state index is -4.16. The fourth-order valence-corrected chi connectivity index (χ4v) is 5.14. The summed E-state index contributed by atoms with van der Waals surface area (Å²) in [5.41, 5.74) is 3.90. The number of benzene rings is 3. The molecule has 3 aromatic rings. The second kappa shape index (κ2) is 10.2. The van der Waals surface area contributed by atoms with E-state index < -0.39 is 16.6 Å². The molecule has 0 bridgehead atoms. The van der Waals surface area contributed by atoms with Gasteiger partial charge in [0.25, 0.3) is 10.0 Å². The molecule has 0 fully saturated rings. The first-order valence-electron chi connectivity index (χ1n) is 10.7. The zero-order chi connectivity index (χ0) is 25.0. The molecule has 8 heteroatoms. The van der Waals surface area contributed by atoms with Gasteiger partial charge in [0.2, 0.25) is 5.91 Å². The number of aryl methyl sites for hydroxylation is 3. The molecule has 0 heterocycles. The Labute approximate surface area is 201 Å². The molecule has 0 aliphatic rings. The second-order valence-corrected chi connectivity index (χ2v) is 9.92. The highest BCUT2D eigenvalue weighted by atomic mass is 32.2. The van der Waals surface area contributed by atoms with Crippen molar-refractivity contribution in [2.75, 3.05) is 37.0 Å². The molecular weight excluding hydrogens is 452 g/mol. The summed E-state index contributed by atoms with van der Waals surface area (Å²) in [5, 5.41) is 0. The zero-order valence-corrected chi connectivity index (χ0v) is 21.1. The van der Waals surface area contributed by atoms with Crippen LogP contribution < -0.4 is 18.7 Å². The summed E-state index contributed by atoms with van der Waals surface area (Å²) in [6, 6.07) is 17.2. The fraction of sp³-hybridized carbons (Fsp3) is 0.269. The van der Waals surface area contributed by atoms with Crippen molar-refractivity contribution in [3.05, 3.63) is 77.4 Å². The summed E-state index contributed by atoms with van der Waals surface area (Å²) in [5.74, 6) is 0.290. The second-order valence-electron chi connectivity index (χ2n) is 8.09. The summed E-state index contributed by atoms with van der Waals surface area (Å²) in [7, 11) is 0.385. The molecule has 0 atom stereocenters. The molecule has 0 spiro atoms. The lowest BCUT2D eigenvalue weighted by Gasteiger charge is -2.28. The third kappa shape index (κ3) is 5.17. The Morgan fingerprint density at radius 3 is 2.24 bits per heavy atom. The molecule has 34 heavy (non-hydrogen) atoms. The van der Waals surface area contributed by atoms with Crippen molar-refractivity contribution in [2.45, 2.75) is 25.7 Å². The van der Waals surface area contributed by atoms with Crippen molar-refractivity contribution in [3.8, 4) is 11.5 Å². The number of likely N-dealkylation sites (N-methyl/N-ethyl adjacent to an activating group) is 1. The molecule has 0 aromatic heterocycles. The van der Waals surface area contributed by atoms with E-state index in [0.717, 1.165) is 21.0 Å². The quantitative estimate of drug-likeness (QED) is 0.473. The lowest BCUT2D eigenvalue weighted by atomic mass is 10.1. The number of ether oxygens (including phenoxy) is 2. The summed E-state index contributed by atoms with van der Waals surface area (Å²) < 4.78 is 39.5. The van der Waals surface area contributed by atoms with Gasteiger partial charge in [-0.2, -0.15) is 0 Å². The van der Waals surface area contributed by atoms with E-state index in [0.29, 0.717) is 17.1 Å². The Bertz CT molecular complexity index is 1300. The number of rotatable bonds is 8. The molecule has 0 saturated heterocycles. The third-order valence-electron chi connectivity index (χ3n) is 5.76. The normalized spacial score (nSPS) is 11.1. The molecular formula is C26H30N2O5S. The van der Waals surface area contributed by atoms with Crippen molar-refractivity contribution in [1.29, 1.82) is 0 Å². The van der Waals surface area contributed by atoms with Crippen molar-refractivity contribution in [1.82, 2.24) is 0 Å². The number of methoxy groups -OCH3 is 2. The van der Waals surface area contributed by atoms with Crippen LogP contribution in [0.5, 0.6) is 11.5 Å². The zero-order valence-electron chi connectivity index (χ0n) is 20.3. The van der Waals surface area contributed by atoms with Crippen LogP contribution in [0.25, 0.3) is 0 Å². The summed E-state index contributed by atoms with van der Waals surface area (Å²) in [4.78, 5) is 14.8. The number of nitrogens with zero attached hydrogens (tertiary/aromatic N) is 2. The van der Waals surface area contributed by atoms with Crippen molar-refractivity contribution >= 4 is 27.3 Å². The average molecular weight is 483 g/mol. The van der Waals surface area contributed by atoms with Gasteiger partial charge in [-0.25, -0.2) is 8.42 Å². The molecule has 0 aliphatic carbocycles. The van der Waals surface area contributed by atoms with Crippen molar-refractivity contribution < 1.29 is 22.7 Å². The van der Waals surface area contributed by atoms with Crippen LogP contribution in [-0.4, -0.2) is 42.1 Å². The molecule has 7 nitrogen and oxygen atoms in total. The highest BCUT2D eigenvalue weighted by Crippen LogP contribution is 2.32. The first-order chi connectivity index (χ1) is 16.1. The maximum Gasteiger partial charge on any atom is 0.268 e. The van der Waals surface area contributed by atoms with Crippen LogP contribution in [0.2, 0.25) is 0 Å². The van der Waals surface area contributed by atoms with Gasteiger partial charge >= 0.3 is 0 Å². The topological polar surface area (TPSA) is 76.2 Å². The van der Waals surface area contributed by atoms with Crippen LogP contribution in [0.4, 0.5) is 11.4 Å². The van der Waals surface area contributed by atoms with Crippen molar-refractivity contribution in [3.63, 3.8) is 0 Å². The van der Waals surface area contributed by atoms with Crippen LogP contribution in [-0.2, 0) is 14.8 Å². The van der Waals surface area contributed by atoms with Gasteiger partial charge in [-0.05, 0) is 73.9 Å². The first kappa shape index (κ1) is 25.1. The van der Waals surface area contributed by atoms with Gasteiger partial charge in [-0.3, -0.25) is 9.10 Å². The first-order valence-corrected chi connectivity index (χ1v) is 12.2. The van der Waals surface area contributed by atoms with Crippen LogP contribution >= 0.6 is 0 Å². The molecule has 0 aliphatic heterocycles. The van der Waals surface area contributed by atoms with Crippen LogP contribution in [0.15, 0.2) is 65.6 Å². The largest absolute Gasteiger partial charge is 0.497 e. The number of carbonyl (C=O) groups is 1. The molecule has 180 valence electrons. The Hall–Kier alpha value is -3.52. The Morgan fingerprint density at radius 2 is 1.59 bits per heavy atom. The van der Waals surface area contributed by atoms with E-state index in [1.54, 1.807) is 56.4 Å². The molecule has 0 N–H and O–H groups in total. The number of hydrogen-bond donors (Lipinski definition) is 0. The highest BCUT2D eigenvalue weighted by Gasteiger charge is 2.31. The average Bonchev–Trinajstić information content (AvgIpc) is 2.83. The van der Waals surface area contributed by atoms with Gasteiger partial charge in [0.05, 0.1) is 19.9 Å². The summed E-state index contributed by atoms with van der Waals surface area (Å²) >= 11 is 0. The smallest absolute Gasteiger partial charge is 0.268 e. The van der Waals surface area contributed by atoms with Gasteiger partial charge in [0.15, 0.2) is 0 Å². The predicted octanol–water partition coefficient (Wildman–Crippen LogP) is 4.49. The molecule has 3 aromatic carbocycles. The van der Waals surface area contributed by atoms with Crippen LogP contribution in [0.3, 0.4) is 0 Å². The van der Waals surface area contributed by atoms with E-state index >= 15 is 0 Å². The summed E-state index contributed by atoms with van der Waals surface area (Å²) in [6.07, 6.45) is 0. The SMILES string of the molecule is COc1cccc(N(CC(=O)N(C)c2ccc(C)c(C)c2)S(=O)(=O)c2cc(C)ccc2OC)c1. The van der Waals surface area contributed by atoms with Gasteiger partial charge in [0, 0.05) is 18.8 Å². The Balaban J connectivity index is 2.08. The van der Waals surface area contributed by atoms with Gasteiger partial charge in [-0.15, -0.1) is 0 Å². The number of anilines is 2. The van der Waals surface area contributed by atoms with E-state index in [9.17, 15) is 13.2 Å². The number of hydrogen-bond acceptors (Lipinski definition) is 5. The van der Waals surface area contributed by atoms with E-state index in [2.05, 4.69) is 0 Å². The maximum absolute atomic E-state index is 13.9. The van der Waals surface area contributed by atoms with E-state index in [1.165, 1.54) is 19.1 Å². The minimum Gasteiger partial charge on any atom is -0.497 e. The number of carbonyl (C=O) groups excluding carboxylic acids is 1. The fourth-order valence-electron chi connectivity index (χ4n) is 3.49. The van der Waals surface area contributed by atoms with Gasteiger partial charge < -0.3 is 14.4 Å². The van der Waals surface area contributed by atoms with Crippen LogP contribution in [0.1, 0.15) is 16.7 Å². The van der Waals surface area contributed by atoms with Gasteiger partial charge in [0.1, 0.15) is 22.9 Å². The molecule has 0 saturated carbocycles. The molecule has 0 radical (unpaired) electrons. The third-order valence-corrected chi connectivity index (χ3v) is 7.55. The minimum absolute atomic E-state index is 0.0144.